The highest BCUT2D eigenvalue weighted by Gasteiger charge is 2.45. The van der Waals surface area contributed by atoms with E-state index in [1.54, 1.807) is 14.2 Å². The minimum atomic E-state index is -0.241. The van der Waals surface area contributed by atoms with Crippen LogP contribution in [-0.2, 0) is 30.7 Å². The van der Waals surface area contributed by atoms with Crippen molar-refractivity contribution in [2.75, 3.05) is 34.0 Å². The first-order valence-corrected chi connectivity index (χ1v) is 10.8. The maximum absolute atomic E-state index is 9.19. The molecule has 1 aromatic heterocycles. The lowest BCUT2D eigenvalue weighted by Crippen LogP contribution is -2.63. The van der Waals surface area contributed by atoms with E-state index in [9.17, 15) is 5.11 Å². The van der Waals surface area contributed by atoms with Gasteiger partial charge in [0.15, 0.2) is 0 Å². The van der Waals surface area contributed by atoms with Crippen LogP contribution in [0.15, 0.2) is 59.1 Å². The minimum absolute atomic E-state index is 0.0383. The minimum Gasteiger partial charge on any atom is -0.496 e. The van der Waals surface area contributed by atoms with Crippen LogP contribution in [0.5, 0.6) is 11.5 Å². The van der Waals surface area contributed by atoms with E-state index in [2.05, 4.69) is 22.2 Å². The van der Waals surface area contributed by atoms with Gasteiger partial charge in [0, 0.05) is 43.1 Å². The van der Waals surface area contributed by atoms with Gasteiger partial charge in [-0.3, -0.25) is 4.90 Å². The van der Waals surface area contributed by atoms with Crippen molar-refractivity contribution in [1.29, 1.82) is 0 Å². The number of methoxy groups -OCH3 is 2. The number of benzene rings is 2. The van der Waals surface area contributed by atoms with Crippen LogP contribution in [0, 0.1) is 0 Å². The van der Waals surface area contributed by atoms with Gasteiger partial charge in [-0.1, -0.05) is 41.6 Å². The van der Waals surface area contributed by atoms with Gasteiger partial charge < -0.3 is 23.8 Å². The molecule has 1 aliphatic rings. The Labute approximate surface area is 188 Å². The van der Waals surface area contributed by atoms with Gasteiger partial charge in [-0.05, 0) is 12.1 Å². The molecule has 3 aromatic rings. The Morgan fingerprint density at radius 1 is 0.969 bits per heavy atom. The lowest BCUT2D eigenvalue weighted by molar-refractivity contribution is -0.148. The predicted molar refractivity (Wildman–Crippen MR) is 120 cm³/mol. The van der Waals surface area contributed by atoms with Crippen LogP contribution in [0.1, 0.15) is 22.6 Å². The molecule has 170 valence electrons. The lowest BCUT2D eigenvalue weighted by Gasteiger charge is -2.49. The summed E-state index contributed by atoms with van der Waals surface area (Å²) in [5, 5.41) is 13.4. The molecule has 0 atom stereocenters. The number of aromatic nitrogens is 1. The summed E-state index contributed by atoms with van der Waals surface area (Å²) < 4.78 is 22.4. The van der Waals surface area contributed by atoms with E-state index in [1.165, 1.54) is 0 Å². The normalized spacial score (nSPS) is 14.9. The van der Waals surface area contributed by atoms with Crippen molar-refractivity contribution >= 4 is 0 Å². The van der Waals surface area contributed by atoms with Crippen molar-refractivity contribution in [2.24, 2.45) is 0 Å². The Hall–Kier alpha value is -2.87. The number of rotatable bonds is 11. The van der Waals surface area contributed by atoms with E-state index < -0.39 is 0 Å². The fourth-order valence-corrected chi connectivity index (χ4v) is 4.21. The largest absolute Gasteiger partial charge is 0.496 e. The standard InChI is InChI=1S/C25H30N2O5/c1-29-23-9-5-3-7-19(23)15-27(16-20-8-4-6-10-24(20)30-2)25(17-31-18-25)14-21-13-22(11-12-28)32-26-21/h3-10,13,28H,11-12,14-18H2,1-2H3. The second-order valence-corrected chi connectivity index (χ2v) is 8.13. The van der Waals surface area contributed by atoms with E-state index in [1.807, 2.05) is 42.5 Å². The molecule has 7 nitrogen and oxygen atoms in total. The van der Waals surface area contributed by atoms with Crippen LogP contribution in [0.3, 0.4) is 0 Å². The second kappa shape index (κ2) is 10.2. The third-order valence-electron chi connectivity index (χ3n) is 6.00. The van der Waals surface area contributed by atoms with E-state index in [0.29, 0.717) is 44.9 Å². The molecule has 0 unspecified atom stereocenters. The van der Waals surface area contributed by atoms with Crippen LogP contribution < -0.4 is 9.47 Å². The SMILES string of the molecule is COc1ccccc1CN(Cc1ccccc1OC)C1(Cc2cc(CCO)on2)COC1. The number of para-hydroxylation sites is 2. The molecule has 0 aliphatic carbocycles. The van der Waals surface area contributed by atoms with Gasteiger partial charge in [0.1, 0.15) is 17.3 Å². The van der Waals surface area contributed by atoms with E-state index >= 15 is 0 Å². The number of hydrogen-bond donors (Lipinski definition) is 1. The molecule has 1 fully saturated rings. The first-order valence-electron chi connectivity index (χ1n) is 10.8. The first-order chi connectivity index (χ1) is 15.7. The van der Waals surface area contributed by atoms with Crippen molar-refractivity contribution in [2.45, 2.75) is 31.5 Å². The number of hydrogen-bond acceptors (Lipinski definition) is 7. The molecule has 1 aliphatic heterocycles. The zero-order valence-corrected chi connectivity index (χ0v) is 18.6. The van der Waals surface area contributed by atoms with Crippen LogP contribution >= 0.6 is 0 Å². The fourth-order valence-electron chi connectivity index (χ4n) is 4.21. The highest BCUT2D eigenvalue weighted by Crippen LogP contribution is 2.35. The molecule has 0 amide bonds. The summed E-state index contributed by atoms with van der Waals surface area (Å²) >= 11 is 0. The van der Waals surface area contributed by atoms with Crippen molar-refractivity contribution in [3.05, 3.63) is 77.2 Å². The number of nitrogens with zero attached hydrogens (tertiary/aromatic N) is 2. The first kappa shape index (κ1) is 22.3. The van der Waals surface area contributed by atoms with Crippen molar-refractivity contribution < 1.29 is 23.8 Å². The topological polar surface area (TPSA) is 77.2 Å². The van der Waals surface area contributed by atoms with Gasteiger partial charge in [0.2, 0.25) is 0 Å². The molecule has 32 heavy (non-hydrogen) atoms. The van der Waals surface area contributed by atoms with Crippen LogP contribution in [0.25, 0.3) is 0 Å². The van der Waals surface area contributed by atoms with Gasteiger partial charge in [0.25, 0.3) is 0 Å². The third-order valence-corrected chi connectivity index (χ3v) is 6.00. The zero-order valence-electron chi connectivity index (χ0n) is 18.6. The molecule has 0 bridgehead atoms. The van der Waals surface area contributed by atoms with Crippen molar-refractivity contribution in [3.8, 4) is 11.5 Å². The smallest absolute Gasteiger partial charge is 0.139 e. The highest BCUT2D eigenvalue weighted by molar-refractivity contribution is 5.36. The predicted octanol–water partition coefficient (Wildman–Crippen LogP) is 3.24. The molecule has 2 aromatic carbocycles. The second-order valence-electron chi connectivity index (χ2n) is 8.13. The summed E-state index contributed by atoms with van der Waals surface area (Å²) in [7, 11) is 3.40. The van der Waals surface area contributed by atoms with Gasteiger partial charge >= 0.3 is 0 Å². The average Bonchev–Trinajstić information content (AvgIpc) is 3.23. The lowest BCUT2D eigenvalue weighted by atomic mass is 9.87. The molecule has 0 radical (unpaired) electrons. The summed E-state index contributed by atoms with van der Waals surface area (Å²) in [6, 6.07) is 18.1. The summed E-state index contributed by atoms with van der Waals surface area (Å²) in [6.45, 7) is 2.61. The monoisotopic (exact) mass is 438 g/mol. The molecule has 0 spiro atoms. The summed E-state index contributed by atoms with van der Waals surface area (Å²) in [6.07, 6.45) is 1.15. The average molecular weight is 439 g/mol. The zero-order chi connectivity index (χ0) is 22.4. The quantitative estimate of drug-likeness (QED) is 0.492. The van der Waals surface area contributed by atoms with Gasteiger partial charge in [-0.2, -0.15) is 0 Å². The summed E-state index contributed by atoms with van der Waals surface area (Å²) in [4.78, 5) is 2.42. The van der Waals surface area contributed by atoms with Crippen LogP contribution in [0.4, 0.5) is 0 Å². The van der Waals surface area contributed by atoms with E-state index in [0.717, 1.165) is 28.3 Å². The Kier molecular flexibility index (Phi) is 7.09. The molecular formula is C25H30N2O5. The molecule has 7 heteroatoms. The molecule has 2 heterocycles. The number of ether oxygens (including phenoxy) is 3. The van der Waals surface area contributed by atoms with Crippen molar-refractivity contribution in [3.63, 3.8) is 0 Å². The fraction of sp³-hybridized carbons (Fsp3) is 0.400. The Morgan fingerprint density at radius 3 is 2.06 bits per heavy atom. The molecule has 1 saturated heterocycles. The molecule has 1 N–H and O–H groups in total. The maximum atomic E-state index is 9.19. The van der Waals surface area contributed by atoms with Gasteiger partial charge in [0.05, 0.1) is 45.3 Å². The van der Waals surface area contributed by atoms with Crippen LogP contribution in [0.2, 0.25) is 0 Å². The molecule has 0 saturated carbocycles. The Balaban J connectivity index is 1.66. The molecule has 4 rings (SSSR count). The molecular weight excluding hydrogens is 408 g/mol. The number of aliphatic hydroxyl groups excluding tert-OH is 1. The van der Waals surface area contributed by atoms with Crippen molar-refractivity contribution in [1.82, 2.24) is 10.1 Å². The number of aliphatic hydroxyl groups is 1. The van der Waals surface area contributed by atoms with Gasteiger partial charge in [-0.15, -0.1) is 0 Å². The Morgan fingerprint density at radius 2 is 1.56 bits per heavy atom. The Bertz CT molecular complexity index is 965. The van der Waals surface area contributed by atoms with Crippen LogP contribution in [-0.4, -0.2) is 54.7 Å². The highest BCUT2D eigenvalue weighted by atomic mass is 16.5. The maximum Gasteiger partial charge on any atom is 0.139 e. The van der Waals surface area contributed by atoms with Gasteiger partial charge in [-0.25, -0.2) is 0 Å². The van der Waals surface area contributed by atoms with E-state index in [-0.39, 0.29) is 12.1 Å². The summed E-state index contributed by atoms with van der Waals surface area (Å²) in [5.41, 5.74) is 2.84. The third kappa shape index (κ3) is 4.80. The summed E-state index contributed by atoms with van der Waals surface area (Å²) in [5.74, 6) is 2.41. The van der Waals surface area contributed by atoms with E-state index in [4.69, 9.17) is 18.7 Å².